The molecule has 0 aliphatic heterocycles. The van der Waals surface area contributed by atoms with Gasteiger partial charge in [0.05, 0.1) is 0 Å². The highest BCUT2D eigenvalue weighted by Crippen LogP contribution is 2.28. The first-order valence-corrected chi connectivity index (χ1v) is 9.13. The summed E-state index contributed by atoms with van der Waals surface area (Å²) in [5, 5.41) is 2.42. The number of carbonyl (C=O) groups excluding carboxylic acids is 1. The van der Waals surface area contributed by atoms with Crippen LogP contribution < -0.4 is 5.32 Å². The Kier molecular flexibility index (Phi) is 5.26. The minimum Gasteiger partial charge on any atom is -0.306 e. The van der Waals surface area contributed by atoms with Crippen LogP contribution in [0.15, 0.2) is 73.2 Å². The summed E-state index contributed by atoms with van der Waals surface area (Å²) in [6, 6.07) is 14.2. The molecule has 7 heteroatoms. The molecule has 0 spiro atoms. The van der Waals surface area contributed by atoms with Gasteiger partial charge in [0.1, 0.15) is 23.0 Å². The monoisotopic (exact) mass is 402 g/mol. The van der Waals surface area contributed by atoms with Crippen LogP contribution in [-0.2, 0) is 0 Å². The number of amides is 1. The highest BCUT2D eigenvalue weighted by atomic mass is 19.1. The lowest BCUT2D eigenvalue weighted by Gasteiger charge is -2.10. The first kappa shape index (κ1) is 19.3. The third kappa shape index (κ3) is 3.91. The molecule has 0 bridgehead atoms. The Bertz CT molecular complexity index is 1190. The summed E-state index contributed by atoms with van der Waals surface area (Å²) in [5.74, 6) is -1.96. The van der Waals surface area contributed by atoms with Crippen molar-refractivity contribution >= 4 is 11.7 Å². The second kappa shape index (κ2) is 8.16. The van der Waals surface area contributed by atoms with E-state index in [0.29, 0.717) is 5.82 Å². The van der Waals surface area contributed by atoms with Crippen LogP contribution in [0.5, 0.6) is 0 Å². The molecule has 148 valence electrons. The smallest absolute Gasteiger partial charge is 0.262 e. The molecule has 0 aliphatic rings. The zero-order chi connectivity index (χ0) is 21.1. The van der Waals surface area contributed by atoms with Gasteiger partial charge in [-0.2, -0.15) is 0 Å². The van der Waals surface area contributed by atoms with Gasteiger partial charge in [-0.1, -0.05) is 18.2 Å². The number of halogens is 2. The fourth-order valence-electron chi connectivity index (χ4n) is 3.04. The number of hydrogen-bond acceptors (Lipinski definition) is 4. The van der Waals surface area contributed by atoms with Crippen molar-refractivity contribution in [3.63, 3.8) is 0 Å². The zero-order valence-electron chi connectivity index (χ0n) is 15.9. The van der Waals surface area contributed by atoms with Gasteiger partial charge in [-0.25, -0.2) is 23.7 Å². The van der Waals surface area contributed by atoms with E-state index in [4.69, 9.17) is 0 Å². The summed E-state index contributed by atoms with van der Waals surface area (Å²) in [4.78, 5) is 25.0. The number of aromatic nitrogens is 3. The van der Waals surface area contributed by atoms with Gasteiger partial charge in [-0.3, -0.25) is 4.79 Å². The van der Waals surface area contributed by atoms with E-state index >= 15 is 0 Å². The van der Waals surface area contributed by atoms with Crippen molar-refractivity contribution in [2.45, 2.75) is 6.92 Å². The summed E-state index contributed by atoms with van der Waals surface area (Å²) < 4.78 is 27.6. The second-order valence-corrected chi connectivity index (χ2v) is 6.58. The molecule has 1 amide bonds. The van der Waals surface area contributed by atoms with Crippen LogP contribution in [0.2, 0.25) is 0 Å². The molecule has 0 atom stereocenters. The van der Waals surface area contributed by atoms with Crippen LogP contribution in [0.25, 0.3) is 22.5 Å². The first-order valence-electron chi connectivity index (χ1n) is 9.13. The van der Waals surface area contributed by atoms with E-state index in [2.05, 4.69) is 20.3 Å². The van der Waals surface area contributed by atoms with Gasteiger partial charge in [0.2, 0.25) is 0 Å². The fourth-order valence-corrected chi connectivity index (χ4v) is 3.04. The van der Waals surface area contributed by atoms with Gasteiger partial charge < -0.3 is 5.32 Å². The lowest BCUT2D eigenvalue weighted by atomic mass is 9.99. The summed E-state index contributed by atoms with van der Waals surface area (Å²) >= 11 is 0. The zero-order valence-corrected chi connectivity index (χ0v) is 15.9. The van der Waals surface area contributed by atoms with E-state index in [9.17, 15) is 13.6 Å². The molecule has 0 aliphatic carbocycles. The van der Waals surface area contributed by atoms with Crippen LogP contribution in [-0.4, -0.2) is 20.9 Å². The summed E-state index contributed by atoms with van der Waals surface area (Å²) in [6.07, 6.45) is 4.95. The largest absolute Gasteiger partial charge is 0.306 e. The molecule has 2 aromatic heterocycles. The summed E-state index contributed by atoms with van der Waals surface area (Å²) in [7, 11) is 0. The first-order chi connectivity index (χ1) is 14.5. The lowest BCUT2D eigenvalue weighted by molar-refractivity contribution is 0.101. The molecule has 1 N–H and O–H groups in total. The van der Waals surface area contributed by atoms with Gasteiger partial charge in [-0.05, 0) is 54.4 Å². The number of anilines is 1. The summed E-state index contributed by atoms with van der Waals surface area (Å²) in [5.41, 5.74) is 3.01. The standard InChI is InChI=1S/C23H16F2N4O/c1-14-6-7-15(22-26-10-3-11-27-22)12-17(14)16-8-9-20(28-13-16)29-23(30)21-18(24)4-2-5-19(21)25/h2-13H,1H3,(H,28,29,30). The minimum atomic E-state index is -0.931. The average Bonchev–Trinajstić information content (AvgIpc) is 2.75. The van der Waals surface area contributed by atoms with Crippen LogP contribution in [0.3, 0.4) is 0 Å². The van der Waals surface area contributed by atoms with Crippen LogP contribution in [0.4, 0.5) is 14.6 Å². The molecular weight excluding hydrogens is 386 g/mol. The molecule has 2 heterocycles. The molecule has 0 radical (unpaired) electrons. The van der Waals surface area contributed by atoms with Gasteiger partial charge in [0, 0.05) is 29.7 Å². The maximum Gasteiger partial charge on any atom is 0.262 e. The van der Waals surface area contributed by atoms with Crippen molar-refractivity contribution in [1.82, 2.24) is 15.0 Å². The van der Waals surface area contributed by atoms with E-state index in [1.807, 2.05) is 25.1 Å². The number of rotatable bonds is 4. The Morgan fingerprint density at radius 1 is 0.867 bits per heavy atom. The van der Waals surface area contributed by atoms with Crippen molar-refractivity contribution in [2.75, 3.05) is 5.32 Å². The lowest BCUT2D eigenvalue weighted by Crippen LogP contribution is -2.16. The highest BCUT2D eigenvalue weighted by molar-refractivity contribution is 6.04. The Morgan fingerprint density at radius 2 is 1.57 bits per heavy atom. The fraction of sp³-hybridized carbons (Fsp3) is 0.0435. The average molecular weight is 402 g/mol. The Balaban J connectivity index is 1.59. The number of aryl methyl sites for hydroxylation is 1. The van der Waals surface area contributed by atoms with E-state index in [1.54, 1.807) is 36.8 Å². The predicted octanol–water partition coefficient (Wildman–Crippen LogP) is 5.04. The van der Waals surface area contributed by atoms with Gasteiger partial charge in [0.15, 0.2) is 5.82 Å². The maximum atomic E-state index is 13.8. The molecule has 0 saturated carbocycles. The van der Waals surface area contributed by atoms with Crippen molar-refractivity contribution in [3.05, 3.63) is 95.9 Å². The second-order valence-electron chi connectivity index (χ2n) is 6.58. The van der Waals surface area contributed by atoms with E-state index in [1.165, 1.54) is 6.07 Å². The van der Waals surface area contributed by atoms with Crippen LogP contribution in [0, 0.1) is 18.6 Å². The molecule has 0 unspecified atom stereocenters. The van der Waals surface area contributed by atoms with Gasteiger partial charge >= 0.3 is 0 Å². The SMILES string of the molecule is Cc1ccc(-c2ncccn2)cc1-c1ccc(NC(=O)c2c(F)cccc2F)nc1. The molecule has 2 aromatic carbocycles. The number of nitrogens with zero attached hydrogens (tertiary/aromatic N) is 3. The molecule has 0 saturated heterocycles. The molecular formula is C23H16F2N4O. The quantitative estimate of drug-likeness (QED) is 0.519. The van der Waals surface area contributed by atoms with Crippen LogP contribution in [0.1, 0.15) is 15.9 Å². The van der Waals surface area contributed by atoms with Gasteiger partial charge in [0.25, 0.3) is 5.91 Å². The molecule has 4 rings (SSSR count). The number of hydrogen-bond donors (Lipinski definition) is 1. The van der Waals surface area contributed by atoms with Crippen LogP contribution >= 0.6 is 0 Å². The predicted molar refractivity (Wildman–Crippen MR) is 110 cm³/mol. The Labute approximate surface area is 171 Å². The van der Waals surface area contributed by atoms with E-state index in [0.717, 1.165) is 34.4 Å². The van der Waals surface area contributed by atoms with Crippen molar-refractivity contribution in [2.24, 2.45) is 0 Å². The number of nitrogens with one attached hydrogen (secondary N) is 1. The van der Waals surface area contributed by atoms with E-state index in [-0.39, 0.29) is 5.82 Å². The number of pyridine rings is 1. The van der Waals surface area contributed by atoms with Crippen molar-refractivity contribution < 1.29 is 13.6 Å². The number of carbonyl (C=O) groups is 1. The molecule has 30 heavy (non-hydrogen) atoms. The third-order valence-corrected chi connectivity index (χ3v) is 4.57. The Morgan fingerprint density at radius 3 is 2.23 bits per heavy atom. The molecule has 4 aromatic rings. The van der Waals surface area contributed by atoms with E-state index < -0.39 is 23.1 Å². The minimum absolute atomic E-state index is 0.187. The summed E-state index contributed by atoms with van der Waals surface area (Å²) in [6.45, 7) is 1.97. The highest BCUT2D eigenvalue weighted by Gasteiger charge is 2.17. The molecule has 0 fully saturated rings. The van der Waals surface area contributed by atoms with Crippen molar-refractivity contribution in [1.29, 1.82) is 0 Å². The van der Waals surface area contributed by atoms with Crippen molar-refractivity contribution in [3.8, 4) is 22.5 Å². The van der Waals surface area contributed by atoms with Gasteiger partial charge in [-0.15, -0.1) is 0 Å². The Hall–Kier alpha value is -4.00. The molecule has 5 nitrogen and oxygen atoms in total. The third-order valence-electron chi connectivity index (χ3n) is 4.57. The number of benzene rings is 2. The topological polar surface area (TPSA) is 67.8 Å². The maximum absolute atomic E-state index is 13.8. The normalized spacial score (nSPS) is 10.6.